The third kappa shape index (κ3) is 11.6. The summed E-state index contributed by atoms with van der Waals surface area (Å²) in [6, 6.07) is 0. The van der Waals surface area contributed by atoms with Crippen LogP contribution < -0.4 is 0 Å². The molecule has 4 atom stereocenters. The highest BCUT2D eigenvalue weighted by Crippen LogP contribution is 2.33. The Labute approximate surface area is 190 Å². The molecule has 5 heteroatoms. The van der Waals surface area contributed by atoms with Crippen molar-refractivity contribution >= 4 is 5.97 Å². The molecule has 0 spiro atoms. The van der Waals surface area contributed by atoms with Crippen molar-refractivity contribution in [1.29, 1.82) is 0 Å². The number of ether oxygens (including phenoxy) is 2. The Morgan fingerprint density at radius 3 is 2.29 bits per heavy atom. The smallest absolute Gasteiger partial charge is 0.376 e. The molecule has 0 aliphatic heterocycles. The molecular formula is C26H48F2O3. The van der Waals surface area contributed by atoms with Gasteiger partial charge in [0.25, 0.3) is 0 Å². The van der Waals surface area contributed by atoms with Crippen molar-refractivity contribution in [1.82, 2.24) is 0 Å². The predicted molar refractivity (Wildman–Crippen MR) is 123 cm³/mol. The van der Waals surface area contributed by atoms with Gasteiger partial charge in [0.2, 0.25) is 0 Å². The Morgan fingerprint density at radius 1 is 0.968 bits per heavy atom. The highest BCUT2D eigenvalue weighted by atomic mass is 19.3. The van der Waals surface area contributed by atoms with Gasteiger partial charge in [-0.15, -0.1) is 0 Å². The Morgan fingerprint density at radius 2 is 1.61 bits per heavy atom. The molecule has 4 unspecified atom stereocenters. The van der Waals surface area contributed by atoms with Gasteiger partial charge in [0.05, 0.1) is 12.7 Å². The molecule has 0 amide bonds. The second-order valence-electron chi connectivity index (χ2n) is 9.73. The Bertz CT molecular complexity index is 470. The van der Waals surface area contributed by atoms with Gasteiger partial charge in [-0.3, -0.25) is 0 Å². The van der Waals surface area contributed by atoms with Crippen LogP contribution in [0.25, 0.3) is 0 Å². The number of methoxy groups -OCH3 is 1. The number of unbranched alkanes of at least 4 members (excludes halogenated alkanes) is 2. The molecule has 0 radical (unpaired) electrons. The molecule has 0 bridgehead atoms. The molecule has 0 N–H and O–H groups in total. The summed E-state index contributed by atoms with van der Waals surface area (Å²) in [5, 5.41) is 0. The number of esters is 1. The van der Waals surface area contributed by atoms with Crippen LogP contribution in [-0.2, 0) is 14.3 Å². The fourth-order valence-electron chi connectivity index (χ4n) is 5.23. The van der Waals surface area contributed by atoms with Gasteiger partial charge in [-0.2, -0.15) is 8.78 Å². The normalized spacial score (nSPS) is 22.8. The molecule has 1 rings (SSSR count). The highest BCUT2D eigenvalue weighted by molar-refractivity contribution is 5.77. The van der Waals surface area contributed by atoms with E-state index in [1.54, 1.807) is 6.92 Å². The van der Waals surface area contributed by atoms with E-state index in [1.165, 1.54) is 57.8 Å². The molecule has 0 saturated heterocycles. The van der Waals surface area contributed by atoms with Crippen LogP contribution in [0.2, 0.25) is 0 Å². The zero-order valence-electron chi connectivity index (χ0n) is 20.6. The van der Waals surface area contributed by atoms with Gasteiger partial charge in [-0.25, -0.2) is 4.79 Å². The van der Waals surface area contributed by atoms with Crippen LogP contribution in [0.3, 0.4) is 0 Å². The summed E-state index contributed by atoms with van der Waals surface area (Å²) in [5.74, 6) is -3.28. The lowest BCUT2D eigenvalue weighted by atomic mass is 9.82. The minimum atomic E-state index is -3.36. The average molecular weight is 447 g/mol. The number of carbonyl (C=O) groups excluding carboxylic acids is 1. The largest absolute Gasteiger partial charge is 0.462 e. The van der Waals surface area contributed by atoms with Gasteiger partial charge < -0.3 is 9.47 Å². The van der Waals surface area contributed by atoms with Crippen molar-refractivity contribution in [2.45, 2.75) is 129 Å². The van der Waals surface area contributed by atoms with Gasteiger partial charge in [0.15, 0.2) is 0 Å². The van der Waals surface area contributed by atoms with Gasteiger partial charge in [-0.05, 0) is 37.5 Å². The summed E-state index contributed by atoms with van der Waals surface area (Å²) >= 11 is 0. The van der Waals surface area contributed by atoms with E-state index in [4.69, 9.17) is 4.74 Å². The van der Waals surface area contributed by atoms with Crippen molar-refractivity contribution in [3.05, 3.63) is 0 Å². The molecule has 1 saturated carbocycles. The lowest BCUT2D eigenvalue weighted by Gasteiger charge is -2.24. The third-order valence-electron chi connectivity index (χ3n) is 7.18. The van der Waals surface area contributed by atoms with Crippen LogP contribution in [0.5, 0.6) is 0 Å². The summed E-state index contributed by atoms with van der Waals surface area (Å²) in [4.78, 5) is 11.5. The molecule has 0 aromatic carbocycles. The van der Waals surface area contributed by atoms with E-state index in [9.17, 15) is 13.6 Å². The van der Waals surface area contributed by atoms with Gasteiger partial charge in [0.1, 0.15) is 0 Å². The minimum Gasteiger partial charge on any atom is -0.462 e. The van der Waals surface area contributed by atoms with Gasteiger partial charge >= 0.3 is 11.9 Å². The van der Waals surface area contributed by atoms with Gasteiger partial charge in [-0.1, -0.05) is 90.9 Å². The zero-order valence-corrected chi connectivity index (χ0v) is 20.6. The second kappa shape index (κ2) is 16.0. The Kier molecular flexibility index (Phi) is 14.6. The van der Waals surface area contributed by atoms with Crippen LogP contribution >= 0.6 is 0 Å². The van der Waals surface area contributed by atoms with E-state index >= 15 is 0 Å². The third-order valence-corrected chi connectivity index (χ3v) is 7.18. The maximum Gasteiger partial charge on any atom is 0.376 e. The SMILES string of the molecule is CCCC(CCCCCC(C)C1CCCCC(OC)CCC1)CC(F)(F)C(=O)OCC. The molecule has 31 heavy (non-hydrogen) atoms. The molecule has 184 valence electrons. The predicted octanol–water partition coefficient (Wildman–Crippen LogP) is 7.95. The second-order valence-corrected chi connectivity index (χ2v) is 9.73. The monoisotopic (exact) mass is 446 g/mol. The average Bonchev–Trinajstić information content (AvgIpc) is 2.85. The lowest BCUT2D eigenvalue weighted by molar-refractivity contribution is -0.174. The van der Waals surface area contributed by atoms with E-state index in [-0.39, 0.29) is 18.9 Å². The first-order chi connectivity index (χ1) is 14.8. The molecule has 1 aliphatic rings. The number of hydrogen-bond acceptors (Lipinski definition) is 3. The van der Waals surface area contributed by atoms with Crippen LogP contribution in [-0.4, -0.2) is 31.7 Å². The lowest BCUT2D eigenvalue weighted by Crippen LogP contribution is -2.33. The zero-order chi connectivity index (χ0) is 23.1. The topological polar surface area (TPSA) is 35.5 Å². The van der Waals surface area contributed by atoms with Crippen LogP contribution in [0.1, 0.15) is 117 Å². The summed E-state index contributed by atoms with van der Waals surface area (Å²) in [7, 11) is 1.84. The molecule has 1 fully saturated rings. The first kappa shape index (κ1) is 28.3. The van der Waals surface area contributed by atoms with E-state index in [1.807, 2.05) is 14.0 Å². The molecular weight excluding hydrogens is 398 g/mol. The van der Waals surface area contributed by atoms with Crippen molar-refractivity contribution in [3.8, 4) is 0 Å². The number of halogens is 2. The molecule has 3 nitrogen and oxygen atoms in total. The fraction of sp³-hybridized carbons (Fsp3) is 0.962. The first-order valence-electron chi connectivity index (χ1n) is 12.9. The van der Waals surface area contributed by atoms with E-state index < -0.39 is 11.9 Å². The number of carbonyl (C=O) groups is 1. The quantitative estimate of drug-likeness (QED) is 0.201. The van der Waals surface area contributed by atoms with Crippen LogP contribution in [0.4, 0.5) is 8.78 Å². The van der Waals surface area contributed by atoms with E-state index in [2.05, 4.69) is 11.7 Å². The molecule has 0 aromatic heterocycles. The van der Waals surface area contributed by atoms with Crippen molar-refractivity contribution in [2.75, 3.05) is 13.7 Å². The van der Waals surface area contributed by atoms with Crippen molar-refractivity contribution < 1.29 is 23.0 Å². The summed E-state index contributed by atoms with van der Waals surface area (Å²) in [6.45, 7) is 5.98. The summed E-state index contributed by atoms with van der Waals surface area (Å²) < 4.78 is 38.4. The first-order valence-corrected chi connectivity index (χ1v) is 12.9. The number of hydrogen-bond donors (Lipinski definition) is 0. The number of alkyl halides is 2. The van der Waals surface area contributed by atoms with E-state index in [0.29, 0.717) is 6.10 Å². The number of rotatable bonds is 14. The standard InChI is InChI=1S/C26H48F2O3/c1-5-13-22(20-26(27,28)25(29)31-6-2)15-9-7-8-14-21(3)23-16-10-11-18-24(30-4)19-12-17-23/h21-24H,5-20H2,1-4H3. The van der Waals surface area contributed by atoms with Crippen molar-refractivity contribution in [2.24, 2.45) is 17.8 Å². The van der Waals surface area contributed by atoms with Crippen LogP contribution in [0, 0.1) is 17.8 Å². The Balaban J connectivity index is 2.33. The molecule has 0 aromatic rings. The fourth-order valence-corrected chi connectivity index (χ4v) is 5.23. The Hall–Kier alpha value is -0.710. The van der Waals surface area contributed by atoms with E-state index in [0.717, 1.165) is 43.9 Å². The minimum absolute atomic E-state index is 0.000983. The summed E-state index contributed by atoms with van der Waals surface area (Å²) in [5.41, 5.74) is 0. The van der Waals surface area contributed by atoms with Crippen molar-refractivity contribution in [3.63, 3.8) is 0 Å². The molecule has 0 heterocycles. The maximum absolute atomic E-state index is 14.1. The highest BCUT2D eigenvalue weighted by Gasteiger charge is 2.42. The maximum atomic E-state index is 14.1. The van der Waals surface area contributed by atoms with Gasteiger partial charge in [0, 0.05) is 13.5 Å². The molecule has 1 aliphatic carbocycles. The van der Waals surface area contributed by atoms with Crippen LogP contribution in [0.15, 0.2) is 0 Å². The summed E-state index contributed by atoms with van der Waals surface area (Å²) in [6.07, 6.45) is 15.8.